The third kappa shape index (κ3) is 4.19. The van der Waals surface area contributed by atoms with Crippen molar-refractivity contribution >= 4 is 11.0 Å². The number of para-hydroxylation sites is 1. The fourth-order valence-corrected chi connectivity index (χ4v) is 3.13. The molecule has 0 aliphatic carbocycles. The summed E-state index contributed by atoms with van der Waals surface area (Å²) in [4.78, 5) is 20.0. The molecule has 1 aromatic carbocycles. The average Bonchev–Trinajstić information content (AvgIpc) is 2.68. The van der Waals surface area contributed by atoms with E-state index in [-0.39, 0.29) is 5.56 Å². The molecule has 5 nitrogen and oxygen atoms in total. The minimum Gasteiger partial charge on any atom is -0.491 e. The maximum atomic E-state index is 13.4. The van der Waals surface area contributed by atoms with Gasteiger partial charge in [-0.1, -0.05) is 31.5 Å². The van der Waals surface area contributed by atoms with Crippen LogP contribution in [0.4, 0.5) is 0 Å². The first-order valence-electron chi connectivity index (χ1n) is 9.49. The summed E-state index contributed by atoms with van der Waals surface area (Å²) in [5.41, 5.74) is 2.15. The molecule has 27 heavy (non-hydrogen) atoms. The molecule has 0 N–H and O–H groups in total. The Balaban J connectivity index is 2.22. The van der Waals surface area contributed by atoms with Gasteiger partial charge in [-0.25, -0.2) is 4.98 Å². The van der Waals surface area contributed by atoms with Crippen LogP contribution in [0.2, 0.25) is 0 Å². The Morgan fingerprint density at radius 1 is 1.11 bits per heavy atom. The predicted molar refractivity (Wildman–Crippen MR) is 110 cm³/mol. The van der Waals surface area contributed by atoms with Crippen LogP contribution in [0.25, 0.3) is 16.7 Å². The first-order chi connectivity index (χ1) is 13.1. The van der Waals surface area contributed by atoms with Crippen LogP contribution >= 0.6 is 0 Å². The Morgan fingerprint density at radius 2 is 1.89 bits per heavy atom. The Bertz CT molecular complexity index is 949. The van der Waals surface area contributed by atoms with Gasteiger partial charge in [0.1, 0.15) is 12.4 Å². The summed E-state index contributed by atoms with van der Waals surface area (Å²) in [6.45, 7) is 3.45. The lowest BCUT2D eigenvalue weighted by molar-refractivity contribution is 0.261. The highest BCUT2D eigenvalue weighted by atomic mass is 16.5. The second-order valence-electron chi connectivity index (χ2n) is 6.91. The smallest absolute Gasteiger partial charge is 0.263 e. The fourth-order valence-electron chi connectivity index (χ4n) is 3.13. The third-order valence-corrected chi connectivity index (χ3v) is 4.56. The van der Waals surface area contributed by atoms with Crippen molar-refractivity contribution in [2.45, 2.75) is 26.2 Å². The van der Waals surface area contributed by atoms with Gasteiger partial charge in [-0.3, -0.25) is 9.36 Å². The molecule has 2 aromatic heterocycles. The van der Waals surface area contributed by atoms with Crippen molar-refractivity contribution in [1.29, 1.82) is 0 Å². The fraction of sp³-hybridized carbons (Fsp3) is 0.364. The number of hydrogen-bond acceptors (Lipinski definition) is 4. The zero-order chi connectivity index (χ0) is 19.2. The quantitative estimate of drug-likeness (QED) is 0.611. The molecule has 142 valence electrons. The lowest BCUT2D eigenvalue weighted by Gasteiger charge is -2.18. The molecule has 5 heteroatoms. The van der Waals surface area contributed by atoms with Crippen LogP contribution in [0, 0.1) is 0 Å². The molecule has 0 bridgehead atoms. The van der Waals surface area contributed by atoms with E-state index in [0.29, 0.717) is 24.4 Å². The van der Waals surface area contributed by atoms with E-state index in [1.807, 2.05) is 56.6 Å². The standard InChI is InChI=1S/C22H27N3O2/c1-4-5-12-19-20(27-16-15-24(2)3)18-13-9-14-23-21(18)25(22(19)26)17-10-7-6-8-11-17/h6-11,13-14H,4-5,12,15-16H2,1-3H3. The first kappa shape index (κ1) is 19.1. The summed E-state index contributed by atoms with van der Waals surface area (Å²) < 4.78 is 7.84. The summed E-state index contributed by atoms with van der Waals surface area (Å²) >= 11 is 0. The summed E-state index contributed by atoms with van der Waals surface area (Å²) in [6, 6.07) is 13.6. The molecule has 3 rings (SSSR count). The van der Waals surface area contributed by atoms with Crippen LogP contribution in [0.3, 0.4) is 0 Å². The van der Waals surface area contributed by atoms with E-state index >= 15 is 0 Å². The summed E-state index contributed by atoms with van der Waals surface area (Å²) in [5.74, 6) is 0.686. The van der Waals surface area contributed by atoms with Gasteiger partial charge in [0.05, 0.1) is 16.6 Å². The Labute approximate surface area is 160 Å². The summed E-state index contributed by atoms with van der Waals surface area (Å²) in [6.07, 6.45) is 4.38. The van der Waals surface area contributed by atoms with Gasteiger partial charge in [-0.15, -0.1) is 0 Å². The monoisotopic (exact) mass is 365 g/mol. The van der Waals surface area contributed by atoms with E-state index in [1.165, 1.54) is 0 Å². The molecule has 0 saturated heterocycles. The van der Waals surface area contributed by atoms with Crippen LogP contribution < -0.4 is 10.3 Å². The molecule has 2 heterocycles. The molecule has 0 spiro atoms. The van der Waals surface area contributed by atoms with Crippen LogP contribution in [0.15, 0.2) is 53.5 Å². The van der Waals surface area contributed by atoms with Gasteiger partial charge >= 0.3 is 0 Å². The molecule has 0 radical (unpaired) electrons. The van der Waals surface area contributed by atoms with Crippen LogP contribution in [-0.4, -0.2) is 41.7 Å². The van der Waals surface area contributed by atoms with E-state index in [1.54, 1.807) is 10.8 Å². The number of rotatable bonds is 8. The van der Waals surface area contributed by atoms with Gasteiger partial charge in [0.25, 0.3) is 5.56 Å². The number of benzene rings is 1. The maximum Gasteiger partial charge on any atom is 0.263 e. The minimum absolute atomic E-state index is 0.0410. The topological polar surface area (TPSA) is 47.4 Å². The maximum absolute atomic E-state index is 13.4. The highest BCUT2D eigenvalue weighted by Crippen LogP contribution is 2.29. The van der Waals surface area contributed by atoms with Crippen molar-refractivity contribution < 1.29 is 4.74 Å². The number of aromatic nitrogens is 2. The van der Waals surface area contributed by atoms with E-state index in [4.69, 9.17) is 4.74 Å². The number of unbranched alkanes of at least 4 members (excludes halogenated alkanes) is 1. The third-order valence-electron chi connectivity index (χ3n) is 4.56. The van der Waals surface area contributed by atoms with Gasteiger partial charge in [-0.05, 0) is 51.2 Å². The first-order valence-corrected chi connectivity index (χ1v) is 9.49. The molecule has 3 aromatic rings. The molecule has 0 aliphatic rings. The molecular formula is C22H27N3O2. The zero-order valence-corrected chi connectivity index (χ0v) is 16.3. The predicted octanol–water partition coefficient (Wildman–Crippen LogP) is 3.67. The van der Waals surface area contributed by atoms with Crippen molar-refractivity contribution in [1.82, 2.24) is 14.5 Å². The van der Waals surface area contributed by atoms with E-state index in [9.17, 15) is 4.79 Å². The molecule has 0 unspecified atom stereocenters. The zero-order valence-electron chi connectivity index (χ0n) is 16.3. The lowest BCUT2D eigenvalue weighted by Crippen LogP contribution is -2.26. The second-order valence-corrected chi connectivity index (χ2v) is 6.91. The molecule has 0 aliphatic heterocycles. The lowest BCUT2D eigenvalue weighted by atomic mass is 10.1. The SMILES string of the molecule is CCCCc1c(OCCN(C)C)c2cccnc2n(-c2ccccc2)c1=O. The minimum atomic E-state index is -0.0410. The normalized spacial score (nSPS) is 11.3. The Hall–Kier alpha value is -2.66. The van der Waals surface area contributed by atoms with E-state index in [2.05, 4.69) is 16.8 Å². The highest BCUT2D eigenvalue weighted by molar-refractivity contribution is 5.85. The number of pyridine rings is 2. The van der Waals surface area contributed by atoms with Crippen molar-refractivity contribution in [2.75, 3.05) is 27.2 Å². The summed E-state index contributed by atoms with van der Waals surface area (Å²) in [7, 11) is 4.02. The van der Waals surface area contributed by atoms with Crippen LogP contribution in [-0.2, 0) is 6.42 Å². The van der Waals surface area contributed by atoms with Gasteiger partial charge in [0.15, 0.2) is 5.65 Å². The number of hydrogen-bond donors (Lipinski definition) is 0. The Morgan fingerprint density at radius 3 is 2.59 bits per heavy atom. The number of fused-ring (bicyclic) bond motifs is 1. The number of nitrogens with zero attached hydrogens (tertiary/aromatic N) is 3. The van der Waals surface area contributed by atoms with Gasteiger partial charge < -0.3 is 9.64 Å². The molecule has 0 saturated carbocycles. The van der Waals surface area contributed by atoms with E-state index < -0.39 is 0 Å². The van der Waals surface area contributed by atoms with Crippen molar-refractivity contribution in [3.05, 3.63) is 64.6 Å². The van der Waals surface area contributed by atoms with Crippen LogP contribution in [0.1, 0.15) is 25.3 Å². The van der Waals surface area contributed by atoms with Gasteiger partial charge in [0, 0.05) is 12.7 Å². The Kier molecular flexibility index (Phi) is 6.24. The van der Waals surface area contributed by atoms with Gasteiger partial charge in [-0.2, -0.15) is 0 Å². The number of likely N-dealkylation sites (N-methyl/N-ethyl adjacent to an activating group) is 1. The molecule has 0 atom stereocenters. The average molecular weight is 365 g/mol. The highest BCUT2D eigenvalue weighted by Gasteiger charge is 2.19. The molecule has 0 fully saturated rings. The van der Waals surface area contributed by atoms with Crippen molar-refractivity contribution in [2.24, 2.45) is 0 Å². The van der Waals surface area contributed by atoms with E-state index in [0.717, 1.165) is 36.0 Å². The second kappa shape index (κ2) is 8.82. The largest absolute Gasteiger partial charge is 0.491 e. The molecular weight excluding hydrogens is 338 g/mol. The number of ether oxygens (including phenoxy) is 1. The van der Waals surface area contributed by atoms with Crippen molar-refractivity contribution in [3.63, 3.8) is 0 Å². The van der Waals surface area contributed by atoms with Crippen LogP contribution in [0.5, 0.6) is 5.75 Å². The summed E-state index contributed by atoms with van der Waals surface area (Å²) in [5, 5.41) is 0.880. The van der Waals surface area contributed by atoms with Gasteiger partial charge in [0.2, 0.25) is 0 Å². The van der Waals surface area contributed by atoms with Crippen molar-refractivity contribution in [3.8, 4) is 11.4 Å². The molecule has 0 amide bonds.